The van der Waals surface area contributed by atoms with Crippen LogP contribution < -0.4 is 4.90 Å². The Morgan fingerprint density at radius 1 is 0.420 bits per heavy atom. The molecule has 4 nitrogen and oxygen atoms in total. The number of rotatable bonds is 7. The topological polar surface area (TPSA) is 42.2 Å². The first kappa shape index (κ1) is 29.4. The molecule has 4 heteroatoms. The molecule has 236 valence electrons. The fourth-order valence-corrected chi connectivity index (χ4v) is 6.69. The highest BCUT2D eigenvalue weighted by Gasteiger charge is 2.23. The van der Waals surface area contributed by atoms with Crippen molar-refractivity contribution < 1.29 is 4.42 Å². The van der Waals surface area contributed by atoms with E-state index in [1.165, 1.54) is 11.1 Å². The van der Waals surface area contributed by atoms with E-state index in [1.807, 2.05) is 60.7 Å². The Morgan fingerprint density at radius 2 is 0.920 bits per heavy atom. The summed E-state index contributed by atoms with van der Waals surface area (Å²) in [6.07, 6.45) is 0. The van der Waals surface area contributed by atoms with Crippen molar-refractivity contribution in [1.82, 2.24) is 9.97 Å². The summed E-state index contributed by atoms with van der Waals surface area (Å²) in [6.45, 7) is 0. The molecule has 2 aromatic heterocycles. The van der Waals surface area contributed by atoms with Gasteiger partial charge in [0.2, 0.25) is 0 Å². The van der Waals surface area contributed by atoms with E-state index in [4.69, 9.17) is 14.4 Å². The molecule has 0 spiro atoms. The molecule has 0 amide bonds. The molecule has 0 aliphatic rings. The molecule has 0 N–H and O–H groups in total. The number of furan rings is 1. The number of benzene rings is 7. The first-order valence-corrected chi connectivity index (χ1v) is 16.8. The molecule has 50 heavy (non-hydrogen) atoms. The van der Waals surface area contributed by atoms with Gasteiger partial charge in [0.1, 0.15) is 11.2 Å². The van der Waals surface area contributed by atoms with E-state index < -0.39 is 0 Å². The third-order valence-electron chi connectivity index (χ3n) is 9.10. The Bertz CT molecular complexity index is 2510. The Morgan fingerprint density at radius 3 is 1.54 bits per heavy atom. The van der Waals surface area contributed by atoms with E-state index in [0.717, 1.165) is 67.1 Å². The van der Waals surface area contributed by atoms with Crippen molar-refractivity contribution in [2.75, 3.05) is 4.90 Å². The molecule has 0 aliphatic heterocycles. The minimum Gasteiger partial charge on any atom is -0.455 e. The van der Waals surface area contributed by atoms with E-state index >= 15 is 0 Å². The zero-order chi connectivity index (χ0) is 33.3. The zero-order valence-electron chi connectivity index (χ0n) is 27.1. The van der Waals surface area contributed by atoms with Crippen LogP contribution in [0.1, 0.15) is 0 Å². The van der Waals surface area contributed by atoms with Crippen LogP contribution in [0.15, 0.2) is 192 Å². The van der Waals surface area contributed by atoms with Crippen LogP contribution in [0.4, 0.5) is 17.1 Å². The molecule has 0 unspecified atom stereocenters. The maximum atomic E-state index is 6.76. The number of para-hydroxylation sites is 2. The van der Waals surface area contributed by atoms with Crippen molar-refractivity contribution in [2.24, 2.45) is 0 Å². The molecule has 2 heterocycles. The lowest BCUT2D eigenvalue weighted by Crippen LogP contribution is -2.10. The molecule has 9 rings (SSSR count). The predicted octanol–water partition coefficient (Wildman–Crippen LogP) is 12.5. The highest BCUT2D eigenvalue weighted by Crippen LogP contribution is 2.46. The molecule has 0 aliphatic carbocycles. The third kappa shape index (κ3) is 5.39. The van der Waals surface area contributed by atoms with Crippen molar-refractivity contribution in [3.63, 3.8) is 0 Å². The number of hydrogen-bond acceptors (Lipinski definition) is 4. The fourth-order valence-electron chi connectivity index (χ4n) is 6.69. The second-order valence-electron chi connectivity index (χ2n) is 12.2. The van der Waals surface area contributed by atoms with Crippen molar-refractivity contribution in [3.05, 3.63) is 188 Å². The summed E-state index contributed by atoms with van der Waals surface area (Å²) in [5.41, 5.74) is 11.6. The molecule has 7 aromatic carbocycles. The molecular weight excluding hydrogens is 611 g/mol. The van der Waals surface area contributed by atoms with E-state index in [-0.39, 0.29) is 0 Å². The summed E-state index contributed by atoms with van der Waals surface area (Å²) in [4.78, 5) is 12.6. The van der Waals surface area contributed by atoms with Gasteiger partial charge in [-0.25, -0.2) is 9.97 Å². The van der Waals surface area contributed by atoms with Gasteiger partial charge in [-0.15, -0.1) is 0 Å². The molecule has 0 saturated heterocycles. The zero-order valence-corrected chi connectivity index (χ0v) is 27.1. The lowest BCUT2D eigenvalue weighted by molar-refractivity contribution is 0.669. The first-order chi connectivity index (χ1) is 24.8. The van der Waals surface area contributed by atoms with Gasteiger partial charge in [0.15, 0.2) is 5.82 Å². The van der Waals surface area contributed by atoms with Crippen LogP contribution in [0.2, 0.25) is 0 Å². The monoisotopic (exact) mass is 641 g/mol. The molecule has 0 radical (unpaired) electrons. The largest absolute Gasteiger partial charge is 0.455 e. The minimum atomic E-state index is 0.610. The number of anilines is 3. The predicted molar refractivity (Wildman–Crippen MR) is 206 cm³/mol. The van der Waals surface area contributed by atoms with Crippen LogP contribution in [-0.4, -0.2) is 9.97 Å². The van der Waals surface area contributed by atoms with Crippen molar-refractivity contribution in [3.8, 4) is 45.0 Å². The summed E-state index contributed by atoms with van der Waals surface area (Å²) < 4.78 is 6.76. The highest BCUT2D eigenvalue weighted by atomic mass is 16.3. The van der Waals surface area contributed by atoms with Crippen molar-refractivity contribution >= 4 is 39.0 Å². The van der Waals surface area contributed by atoms with Crippen LogP contribution in [0, 0.1) is 0 Å². The minimum absolute atomic E-state index is 0.610. The van der Waals surface area contributed by atoms with E-state index in [0.29, 0.717) is 5.82 Å². The van der Waals surface area contributed by atoms with Crippen LogP contribution in [0.5, 0.6) is 0 Å². The summed E-state index contributed by atoms with van der Waals surface area (Å²) >= 11 is 0. The molecule has 9 aromatic rings. The summed E-state index contributed by atoms with van der Waals surface area (Å²) in [7, 11) is 0. The lowest BCUT2D eigenvalue weighted by Gasteiger charge is -2.26. The number of hydrogen-bond donors (Lipinski definition) is 0. The molecule has 0 bridgehead atoms. The Hall–Kier alpha value is -6.78. The standard InChI is InChI=1S/C46H31N3O/c1-5-15-32(16-6-1)33-25-27-37(28-26-33)49(36-21-11-4-12-22-36)42-30-29-39(45-44(42)38-23-13-14-24-43(38)50-45)46-47-40(34-17-7-2-8-18-34)31-41(48-46)35-19-9-3-10-20-35/h1-31H. The summed E-state index contributed by atoms with van der Waals surface area (Å²) in [5.74, 6) is 0.610. The highest BCUT2D eigenvalue weighted by molar-refractivity contribution is 6.16. The van der Waals surface area contributed by atoms with Crippen molar-refractivity contribution in [1.29, 1.82) is 0 Å². The van der Waals surface area contributed by atoms with E-state index in [1.54, 1.807) is 0 Å². The van der Waals surface area contributed by atoms with Crippen LogP contribution in [0.3, 0.4) is 0 Å². The van der Waals surface area contributed by atoms with Crippen molar-refractivity contribution in [2.45, 2.75) is 0 Å². The van der Waals surface area contributed by atoms with Gasteiger partial charge in [-0.05, 0) is 59.7 Å². The second-order valence-corrected chi connectivity index (χ2v) is 12.2. The van der Waals surface area contributed by atoms with Gasteiger partial charge in [0, 0.05) is 27.9 Å². The number of fused-ring (bicyclic) bond motifs is 3. The van der Waals surface area contributed by atoms with Gasteiger partial charge in [-0.2, -0.15) is 0 Å². The smallest absolute Gasteiger partial charge is 0.164 e. The van der Waals surface area contributed by atoms with Gasteiger partial charge < -0.3 is 9.32 Å². The summed E-state index contributed by atoms with van der Waals surface area (Å²) in [6, 6.07) is 64.8. The van der Waals surface area contributed by atoms with Gasteiger partial charge >= 0.3 is 0 Å². The first-order valence-electron chi connectivity index (χ1n) is 16.8. The number of aromatic nitrogens is 2. The van der Waals surface area contributed by atoms with Crippen LogP contribution >= 0.6 is 0 Å². The molecule has 0 fully saturated rings. The van der Waals surface area contributed by atoms with Gasteiger partial charge in [-0.3, -0.25) is 0 Å². The summed E-state index contributed by atoms with van der Waals surface area (Å²) in [5, 5.41) is 2.03. The average molecular weight is 642 g/mol. The normalized spacial score (nSPS) is 11.2. The molecular formula is C46H31N3O. The quantitative estimate of drug-likeness (QED) is 0.174. The Balaban J connectivity index is 1.27. The maximum Gasteiger partial charge on any atom is 0.164 e. The lowest BCUT2D eigenvalue weighted by atomic mass is 10.0. The van der Waals surface area contributed by atoms with Gasteiger partial charge in [0.25, 0.3) is 0 Å². The maximum absolute atomic E-state index is 6.76. The van der Waals surface area contributed by atoms with Crippen LogP contribution in [-0.2, 0) is 0 Å². The van der Waals surface area contributed by atoms with Gasteiger partial charge in [0.05, 0.1) is 28.0 Å². The van der Waals surface area contributed by atoms with Crippen LogP contribution in [0.25, 0.3) is 67.0 Å². The third-order valence-corrected chi connectivity index (χ3v) is 9.10. The molecule has 0 saturated carbocycles. The fraction of sp³-hybridized carbons (Fsp3) is 0. The van der Waals surface area contributed by atoms with E-state index in [2.05, 4.69) is 132 Å². The van der Waals surface area contributed by atoms with Gasteiger partial charge in [-0.1, -0.05) is 140 Å². The SMILES string of the molecule is c1ccc(-c2ccc(N(c3ccccc3)c3ccc(-c4nc(-c5ccccc5)cc(-c5ccccc5)n4)c4oc5ccccc5c34)cc2)cc1. The molecule has 0 atom stereocenters. The van der Waals surface area contributed by atoms with E-state index in [9.17, 15) is 0 Å². The Labute approximate surface area is 290 Å². The number of nitrogens with zero attached hydrogens (tertiary/aromatic N) is 3. The second kappa shape index (κ2) is 12.7. The average Bonchev–Trinajstić information content (AvgIpc) is 3.60. The Kier molecular flexibility index (Phi) is 7.45.